The minimum atomic E-state index is -0.334. The van der Waals surface area contributed by atoms with Gasteiger partial charge in [0.2, 0.25) is 6.79 Å². The van der Waals surface area contributed by atoms with Crippen LogP contribution in [-0.2, 0) is 0 Å². The zero-order valence-corrected chi connectivity index (χ0v) is 7.50. The van der Waals surface area contributed by atoms with E-state index in [2.05, 4.69) is 0 Å². The van der Waals surface area contributed by atoms with E-state index >= 15 is 0 Å². The lowest BCUT2D eigenvalue weighted by atomic mass is 10.1. The van der Waals surface area contributed by atoms with E-state index in [0.717, 1.165) is 0 Å². The molecule has 0 unspecified atom stereocenters. The molecular formula is C10H10FNO2. The molecule has 74 valence electrons. The predicted molar refractivity (Wildman–Crippen MR) is 50.6 cm³/mol. The van der Waals surface area contributed by atoms with Gasteiger partial charge in [-0.2, -0.15) is 0 Å². The standard InChI is InChI=1S/C10H10FNO2/c11-8-5-10-9(13-6-14-10)4-7(8)2-1-3-12/h1-2,4-5H,3,6,12H2/b2-1+. The van der Waals surface area contributed by atoms with Gasteiger partial charge in [0.25, 0.3) is 0 Å². The van der Waals surface area contributed by atoms with Crippen LogP contribution < -0.4 is 15.2 Å². The number of hydrogen-bond donors (Lipinski definition) is 1. The van der Waals surface area contributed by atoms with Crippen LogP contribution in [0, 0.1) is 5.82 Å². The minimum Gasteiger partial charge on any atom is -0.454 e. The highest BCUT2D eigenvalue weighted by molar-refractivity contribution is 5.57. The smallest absolute Gasteiger partial charge is 0.231 e. The maximum atomic E-state index is 13.3. The molecule has 0 aromatic heterocycles. The normalized spacial score (nSPS) is 13.9. The number of halogens is 1. The summed E-state index contributed by atoms with van der Waals surface area (Å²) in [6, 6.07) is 2.92. The van der Waals surface area contributed by atoms with Crippen LogP contribution in [0.2, 0.25) is 0 Å². The molecule has 2 N–H and O–H groups in total. The predicted octanol–water partition coefficient (Wildman–Crippen LogP) is 1.53. The number of fused-ring (bicyclic) bond motifs is 1. The molecule has 1 heterocycles. The molecule has 14 heavy (non-hydrogen) atoms. The summed E-state index contributed by atoms with van der Waals surface area (Å²) in [6.45, 7) is 0.534. The van der Waals surface area contributed by atoms with Crippen molar-refractivity contribution >= 4 is 6.08 Å². The van der Waals surface area contributed by atoms with Gasteiger partial charge in [-0.3, -0.25) is 0 Å². The summed E-state index contributed by atoms with van der Waals surface area (Å²) in [5, 5.41) is 0. The van der Waals surface area contributed by atoms with Gasteiger partial charge in [-0.1, -0.05) is 12.2 Å². The first-order valence-corrected chi connectivity index (χ1v) is 4.27. The Bertz CT molecular complexity index is 377. The molecule has 1 aliphatic rings. The average molecular weight is 195 g/mol. The highest BCUT2D eigenvalue weighted by Crippen LogP contribution is 2.34. The maximum absolute atomic E-state index is 13.3. The lowest BCUT2D eigenvalue weighted by Crippen LogP contribution is -1.93. The van der Waals surface area contributed by atoms with Gasteiger partial charge < -0.3 is 15.2 Å². The van der Waals surface area contributed by atoms with Crippen LogP contribution in [0.4, 0.5) is 4.39 Å². The SMILES string of the molecule is NC/C=C/c1cc2c(cc1F)OCO2. The van der Waals surface area contributed by atoms with Crippen molar-refractivity contribution in [1.29, 1.82) is 0 Å². The van der Waals surface area contributed by atoms with Crippen molar-refractivity contribution in [3.63, 3.8) is 0 Å². The molecule has 0 aliphatic carbocycles. The van der Waals surface area contributed by atoms with Crippen molar-refractivity contribution < 1.29 is 13.9 Å². The molecule has 0 spiro atoms. The van der Waals surface area contributed by atoms with Gasteiger partial charge in [-0.05, 0) is 6.07 Å². The number of nitrogens with two attached hydrogens (primary N) is 1. The third-order valence-electron chi connectivity index (χ3n) is 1.93. The molecule has 0 fully saturated rings. The highest BCUT2D eigenvalue weighted by Gasteiger charge is 2.15. The van der Waals surface area contributed by atoms with E-state index in [1.807, 2.05) is 0 Å². The van der Waals surface area contributed by atoms with E-state index in [-0.39, 0.29) is 12.6 Å². The van der Waals surface area contributed by atoms with Crippen molar-refractivity contribution in [3.05, 3.63) is 29.6 Å². The first kappa shape index (κ1) is 9.02. The summed E-state index contributed by atoms with van der Waals surface area (Å²) in [4.78, 5) is 0. The fourth-order valence-electron chi connectivity index (χ4n) is 1.26. The fraction of sp³-hybridized carbons (Fsp3) is 0.200. The summed E-state index contributed by atoms with van der Waals surface area (Å²) in [7, 11) is 0. The molecule has 1 aromatic carbocycles. The fourth-order valence-corrected chi connectivity index (χ4v) is 1.26. The molecule has 0 bridgehead atoms. The molecule has 1 aromatic rings. The molecule has 0 atom stereocenters. The molecule has 0 radical (unpaired) electrons. The summed E-state index contributed by atoms with van der Waals surface area (Å²) >= 11 is 0. The van der Waals surface area contributed by atoms with Gasteiger partial charge in [-0.25, -0.2) is 4.39 Å². The van der Waals surface area contributed by atoms with E-state index in [1.54, 1.807) is 18.2 Å². The lowest BCUT2D eigenvalue weighted by molar-refractivity contribution is 0.174. The molecule has 0 saturated carbocycles. The molecule has 1 aliphatic heterocycles. The summed E-state index contributed by atoms with van der Waals surface area (Å²) in [5.74, 6) is 0.689. The second-order valence-electron chi connectivity index (χ2n) is 2.87. The van der Waals surface area contributed by atoms with Crippen LogP contribution in [0.1, 0.15) is 5.56 Å². The van der Waals surface area contributed by atoms with Gasteiger partial charge in [0, 0.05) is 18.2 Å². The zero-order chi connectivity index (χ0) is 9.97. The minimum absolute atomic E-state index is 0.152. The van der Waals surface area contributed by atoms with Gasteiger partial charge in [0.1, 0.15) is 5.82 Å². The molecule has 0 saturated heterocycles. The van der Waals surface area contributed by atoms with E-state index in [1.165, 1.54) is 6.07 Å². The maximum Gasteiger partial charge on any atom is 0.231 e. The third kappa shape index (κ3) is 1.56. The second-order valence-corrected chi connectivity index (χ2v) is 2.87. The van der Waals surface area contributed by atoms with Crippen LogP contribution in [0.3, 0.4) is 0 Å². The van der Waals surface area contributed by atoms with Gasteiger partial charge in [0.15, 0.2) is 11.5 Å². The lowest BCUT2D eigenvalue weighted by Gasteiger charge is -1.99. The van der Waals surface area contributed by atoms with Crippen LogP contribution in [-0.4, -0.2) is 13.3 Å². The second kappa shape index (κ2) is 3.67. The van der Waals surface area contributed by atoms with Crippen LogP contribution in [0.15, 0.2) is 18.2 Å². The Morgan fingerprint density at radius 2 is 2.07 bits per heavy atom. The summed E-state index contributed by atoms with van der Waals surface area (Å²) in [5.41, 5.74) is 5.73. The van der Waals surface area contributed by atoms with Gasteiger partial charge in [0.05, 0.1) is 0 Å². The molecular weight excluding hydrogens is 185 g/mol. The number of rotatable bonds is 2. The number of benzene rings is 1. The molecule has 0 amide bonds. The van der Waals surface area contributed by atoms with Gasteiger partial charge >= 0.3 is 0 Å². The summed E-state index contributed by atoms with van der Waals surface area (Å²) in [6.07, 6.45) is 3.30. The first-order valence-electron chi connectivity index (χ1n) is 4.27. The third-order valence-corrected chi connectivity index (χ3v) is 1.93. The quantitative estimate of drug-likeness (QED) is 0.778. The number of ether oxygens (including phenoxy) is 2. The monoisotopic (exact) mass is 195 g/mol. The zero-order valence-electron chi connectivity index (χ0n) is 7.50. The van der Waals surface area contributed by atoms with Crippen LogP contribution >= 0.6 is 0 Å². The molecule has 4 heteroatoms. The van der Waals surface area contributed by atoms with Crippen molar-refractivity contribution in [2.45, 2.75) is 0 Å². The van der Waals surface area contributed by atoms with Crippen LogP contribution in [0.25, 0.3) is 6.08 Å². The van der Waals surface area contributed by atoms with E-state index in [9.17, 15) is 4.39 Å². The van der Waals surface area contributed by atoms with E-state index in [0.29, 0.717) is 23.6 Å². The Morgan fingerprint density at radius 3 is 2.79 bits per heavy atom. The topological polar surface area (TPSA) is 44.5 Å². The highest BCUT2D eigenvalue weighted by atomic mass is 19.1. The van der Waals surface area contributed by atoms with Crippen molar-refractivity contribution in [2.24, 2.45) is 5.73 Å². The molecule has 3 nitrogen and oxygen atoms in total. The first-order chi connectivity index (χ1) is 6.81. The number of hydrogen-bond acceptors (Lipinski definition) is 3. The Labute approximate surface area is 80.9 Å². The Morgan fingerprint density at radius 1 is 1.36 bits per heavy atom. The van der Waals surface area contributed by atoms with E-state index < -0.39 is 0 Å². The Hall–Kier alpha value is -1.55. The molecule has 2 rings (SSSR count). The Balaban J connectivity index is 2.37. The Kier molecular flexibility index (Phi) is 2.37. The van der Waals surface area contributed by atoms with Crippen molar-refractivity contribution in [1.82, 2.24) is 0 Å². The van der Waals surface area contributed by atoms with Gasteiger partial charge in [-0.15, -0.1) is 0 Å². The van der Waals surface area contributed by atoms with Crippen LogP contribution in [0.5, 0.6) is 11.5 Å². The average Bonchev–Trinajstić information content (AvgIpc) is 2.61. The largest absolute Gasteiger partial charge is 0.454 e. The van der Waals surface area contributed by atoms with Crippen molar-refractivity contribution in [3.8, 4) is 11.5 Å². The van der Waals surface area contributed by atoms with E-state index in [4.69, 9.17) is 15.2 Å². The van der Waals surface area contributed by atoms with Crippen molar-refractivity contribution in [2.75, 3.05) is 13.3 Å². The summed E-state index contributed by atoms with van der Waals surface area (Å²) < 4.78 is 23.5.